The van der Waals surface area contributed by atoms with Crippen molar-refractivity contribution in [3.8, 4) is 5.75 Å². The molecule has 2 amide bonds. The molecule has 0 unspecified atom stereocenters. The summed E-state index contributed by atoms with van der Waals surface area (Å²) < 4.78 is 5.12. The Hall–Kier alpha value is -2.04. The molecular weight excluding hydrogens is 280 g/mol. The lowest BCUT2D eigenvalue weighted by molar-refractivity contribution is -0.145. The van der Waals surface area contributed by atoms with Gasteiger partial charge in [0.15, 0.2) is 0 Å². The molecular formula is C17H22N2O3. The molecule has 0 atom stereocenters. The van der Waals surface area contributed by atoms with Crippen LogP contribution in [-0.2, 0) is 16.0 Å². The summed E-state index contributed by atoms with van der Waals surface area (Å²) in [5.41, 5.74) is 1.11. The van der Waals surface area contributed by atoms with Gasteiger partial charge in [0.25, 0.3) is 0 Å². The van der Waals surface area contributed by atoms with E-state index in [0.717, 1.165) is 24.2 Å². The van der Waals surface area contributed by atoms with Gasteiger partial charge in [-0.2, -0.15) is 0 Å². The first-order valence-corrected chi connectivity index (χ1v) is 7.87. The maximum absolute atomic E-state index is 12.3. The van der Waals surface area contributed by atoms with Gasteiger partial charge in [0, 0.05) is 25.6 Å². The summed E-state index contributed by atoms with van der Waals surface area (Å²) in [7, 11) is 1.64. The SMILES string of the molecule is COc1ccc(CCC(=O)N2CCN(C3CC3)C(=O)C2)cc1. The summed E-state index contributed by atoms with van der Waals surface area (Å²) in [4.78, 5) is 28.0. The highest BCUT2D eigenvalue weighted by Gasteiger charge is 2.36. The molecule has 0 aromatic heterocycles. The van der Waals surface area contributed by atoms with Gasteiger partial charge in [-0.3, -0.25) is 9.59 Å². The van der Waals surface area contributed by atoms with Gasteiger partial charge in [-0.25, -0.2) is 0 Å². The van der Waals surface area contributed by atoms with E-state index in [2.05, 4.69) is 0 Å². The summed E-state index contributed by atoms with van der Waals surface area (Å²) in [6, 6.07) is 8.20. The lowest BCUT2D eigenvalue weighted by atomic mass is 10.1. The Morgan fingerprint density at radius 3 is 2.55 bits per heavy atom. The number of hydrogen-bond donors (Lipinski definition) is 0. The van der Waals surface area contributed by atoms with Gasteiger partial charge >= 0.3 is 0 Å². The molecule has 1 heterocycles. The molecule has 0 radical (unpaired) electrons. The molecule has 1 aliphatic carbocycles. The van der Waals surface area contributed by atoms with Crippen molar-refractivity contribution in [3.05, 3.63) is 29.8 Å². The van der Waals surface area contributed by atoms with E-state index < -0.39 is 0 Å². The molecule has 118 valence electrons. The van der Waals surface area contributed by atoms with Crippen molar-refractivity contribution in [1.29, 1.82) is 0 Å². The highest BCUT2D eigenvalue weighted by atomic mass is 16.5. The van der Waals surface area contributed by atoms with Crippen LogP contribution >= 0.6 is 0 Å². The molecule has 0 N–H and O–H groups in total. The minimum Gasteiger partial charge on any atom is -0.497 e. The Kier molecular flexibility index (Phi) is 4.32. The van der Waals surface area contributed by atoms with Crippen LogP contribution in [0.3, 0.4) is 0 Å². The topological polar surface area (TPSA) is 49.9 Å². The molecule has 1 saturated carbocycles. The second-order valence-corrected chi connectivity index (χ2v) is 5.98. The average Bonchev–Trinajstić information content (AvgIpc) is 3.37. The number of benzene rings is 1. The summed E-state index contributed by atoms with van der Waals surface area (Å²) in [6.45, 7) is 1.61. The summed E-state index contributed by atoms with van der Waals surface area (Å²) >= 11 is 0. The average molecular weight is 302 g/mol. The fourth-order valence-electron chi connectivity index (χ4n) is 2.87. The minimum absolute atomic E-state index is 0.0691. The largest absolute Gasteiger partial charge is 0.497 e. The van der Waals surface area contributed by atoms with Gasteiger partial charge in [-0.05, 0) is 37.0 Å². The molecule has 0 spiro atoms. The van der Waals surface area contributed by atoms with E-state index in [1.165, 1.54) is 0 Å². The molecule has 1 saturated heterocycles. The van der Waals surface area contributed by atoms with Gasteiger partial charge in [-0.15, -0.1) is 0 Å². The van der Waals surface area contributed by atoms with Crippen LogP contribution in [0, 0.1) is 0 Å². The van der Waals surface area contributed by atoms with Crippen molar-refractivity contribution in [2.75, 3.05) is 26.7 Å². The molecule has 22 heavy (non-hydrogen) atoms. The fraction of sp³-hybridized carbons (Fsp3) is 0.529. The minimum atomic E-state index is 0.0691. The molecule has 5 nitrogen and oxygen atoms in total. The van der Waals surface area contributed by atoms with E-state index in [1.54, 1.807) is 12.0 Å². The molecule has 2 fully saturated rings. The van der Waals surface area contributed by atoms with Crippen LogP contribution in [-0.4, -0.2) is 54.4 Å². The predicted molar refractivity (Wildman–Crippen MR) is 82.6 cm³/mol. The standard InChI is InChI=1S/C17H22N2O3/c1-22-15-7-2-13(3-8-15)4-9-16(20)18-10-11-19(14-5-6-14)17(21)12-18/h2-3,7-8,14H,4-6,9-12H2,1H3. The molecule has 1 aliphatic heterocycles. The molecule has 1 aromatic carbocycles. The van der Waals surface area contributed by atoms with Gasteiger partial charge in [0.05, 0.1) is 13.7 Å². The summed E-state index contributed by atoms with van der Waals surface area (Å²) in [6.07, 6.45) is 3.39. The first-order chi connectivity index (χ1) is 10.7. The highest BCUT2D eigenvalue weighted by Crippen LogP contribution is 2.28. The van der Waals surface area contributed by atoms with Crippen LogP contribution in [0.5, 0.6) is 5.75 Å². The number of carbonyl (C=O) groups excluding carboxylic acids is 2. The molecule has 3 rings (SSSR count). The Balaban J connectivity index is 1.48. The van der Waals surface area contributed by atoms with Crippen molar-refractivity contribution in [3.63, 3.8) is 0 Å². The van der Waals surface area contributed by atoms with Crippen molar-refractivity contribution < 1.29 is 14.3 Å². The number of aryl methyl sites for hydroxylation is 1. The van der Waals surface area contributed by atoms with Crippen LogP contribution in [0.4, 0.5) is 0 Å². The first kappa shape index (κ1) is 14.9. The fourth-order valence-corrected chi connectivity index (χ4v) is 2.87. The zero-order chi connectivity index (χ0) is 15.5. The van der Waals surface area contributed by atoms with Crippen molar-refractivity contribution >= 4 is 11.8 Å². The maximum Gasteiger partial charge on any atom is 0.242 e. The van der Waals surface area contributed by atoms with Crippen LogP contribution in [0.15, 0.2) is 24.3 Å². The van der Waals surface area contributed by atoms with Crippen molar-refractivity contribution in [2.45, 2.75) is 31.7 Å². The summed E-state index contributed by atoms with van der Waals surface area (Å²) in [5.74, 6) is 0.989. The maximum atomic E-state index is 12.3. The van der Waals surface area contributed by atoms with Crippen molar-refractivity contribution in [1.82, 2.24) is 9.80 Å². The van der Waals surface area contributed by atoms with Gasteiger partial charge in [0.2, 0.25) is 11.8 Å². The number of nitrogens with zero attached hydrogens (tertiary/aromatic N) is 2. The molecule has 1 aromatic rings. The van der Waals surface area contributed by atoms with Crippen LogP contribution in [0.25, 0.3) is 0 Å². The third-order valence-electron chi connectivity index (χ3n) is 4.38. The van der Waals surface area contributed by atoms with E-state index in [0.29, 0.717) is 32.0 Å². The third-order valence-corrected chi connectivity index (χ3v) is 4.38. The normalized spacial score (nSPS) is 18.5. The monoisotopic (exact) mass is 302 g/mol. The van der Waals surface area contributed by atoms with E-state index in [9.17, 15) is 9.59 Å². The zero-order valence-electron chi connectivity index (χ0n) is 13.0. The summed E-state index contributed by atoms with van der Waals surface area (Å²) in [5, 5.41) is 0. The Bertz CT molecular complexity index is 552. The van der Waals surface area contributed by atoms with Crippen LogP contribution in [0.2, 0.25) is 0 Å². The lowest BCUT2D eigenvalue weighted by Crippen LogP contribution is -2.52. The first-order valence-electron chi connectivity index (χ1n) is 7.87. The Morgan fingerprint density at radius 2 is 1.95 bits per heavy atom. The number of piperazine rings is 1. The molecule has 0 bridgehead atoms. The number of amides is 2. The number of carbonyl (C=O) groups is 2. The second kappa shape index (κ2) is 6.38. The molecule has 2 aliphatic rings. The highest BCUT2D eigenvalue weighted by molar-refractivity contribution is 5.86. The van der Waals surface area contributed by atoms with Gasteiger partial charge in [-0.1, -0.05) is 12.1 Å². The Morgan fingerprint density at radius 1 is 1.23 bits per heavy atom. The number of hydrogen-bond acceptors (Lipinski definition) is 3. The molecule has 5 heteroatoms. The third kappa shape index (κ3) is 3.40. The lowest BCUT2D eigenvalue weighted by Gasteiger charge is -2.34. The predicted octanol–water partition coefficient (Wildman–Crippen LogP) is 1.46. The van der Waals surface area contributed by atoms with E-state index in [1.807, 2.05) is 29.2 Å². The number of ether oxygens (including phenoxy) is 1. The van der Waals surface area contributed by atoms with E-state index in [4.69, 9.17) is 4.74 Å². The smallest absolute Gasteiger partial charge is 0.242 e. The van der Waals surface area contributed by atoms with E-state index in [-0.39, 0.29) is 18.4 Å². The van der Waals surface area contributed by atoms with Crippen LogP contribution in [0.1, 0.15) is 24.8 Å². The van der Waals surface area contributed by atoms with Gasteiger partial charge < -0.3 is 14.5 Å². The van der Waals surface area contributed by atoms with Crippen LogP contribution < -0.4 is 4.74 Å². The number of rotatable bonds is 5. The zero-order valence-corrected chi connectivity index (χ0v) is 13.0. The quantitative estimate of drug-likeness (QED) is 0.827. The Labute approximate surface area is 130 Å². The van der Waals surface area contributed by atoms with Crippen molar-refractivity contribution in [2.24, 2.45) is 0 Å². The van der Waals surface area contributed by atoms with E-state index >= 15 is 0 Å². The number of methoxy groups -OCH3 is 1. The van der Waals surface area contributed by atoms with Gasteiger partial charge in [0.1, 0.15) is 5.75 Å². The second-order valence-electron chi connectivity index (χ2n) is 5.98.